The number of aromatic nitrogens is 12. The lowest BCUT2D eigenvalue weighted by Gasteiger charge is -2.12. The van der Waals surface area contributed by atoms with Gasteiger partial charge in [0.25, 0.3) is 0 Å². The molecular weight excluding hydrogens is 945 g/mol. The zero-order valence-electron chi connectivity index (χ0n) is 40.5. The molecule has 2 aromatic carbocycles. The van der Waals surface area contributed by atoms with Crippen molar-refractivity contribution in [3.63, 3.8) is 0 Å². The maximum Gasteiger partial charge on any atom is 0.161 e. The molecule has 0 saturated carbocycles. The molecule has 0 fully saturated rings. The van der Waals surface area contributed by atoms with Gasteiger partial charge in [-0.1, -0.05) is 58.5 Å². The summed E-state index contributed by atoms with van der Waals surface area (Å²) >= 11 is 3.43. The summed E-state index contributed by atoms with van der Waals surface area (Å²) < 4.78 is 31.8. The Morgan fingerprint density at radius 3 is 1.71 bits per heavy atom. The van der Waals surface area contributed by atoms with Crippen LogP contribution in [0.2, 0.25) is 0 Å². The van der Waals surface area contributed by atoms with Crippen molar-refractivity contribution in [2.24, 2.45) is 5.92 Å². The molecule has 72 heavy (non-hydrogen) atoms. The number of hydrogen-bond donors (Lipinski definition) is 5. The van der Waals surface area contributed by atoms with Gasteiger partial charge in [-0.2, -0.15) is 10.2 Å². The van der Waals surface area contributed by atoms with Crippen molar-refractivity contribution in [2.45, 2.75) is 54.9 Å². The Hall–Kier alpha value is -8.28. The van der Waals surface area contributed by atoms with Crippen LogP contribution in [0.15, 0.2) is 122 Å². The first kappa shape index (κ1) is 47.4. The number of rotatable bonds is 10. The van der Waals surface area contributed by atoms with Gasteiger partial charge in [0.15, 0.2) is 23.3 Å². The van der Waals surface area contributed by atoms with E-state index in [0.717, 1.165) is 66.3 Å². The number of thiophene rings is 2. The lowest BCUT2D eigenvalue weighted by Crippen LogP contribution is -2.02. The van der Waals surface area contributed by atoms with Gasteiger partial charge in [0.2, 0.25) is 0 Å². The number of aromatic amines is 4. The van der Waals surface area contributed by atoms with Crippen LogP contribution in [0.4, 0.5) is 14.5 Å². The highest BCUT2D eigenvalue weighted by molar-refractivity contribution is 7.15. The molecule has 5 N–H and O–H groups in total. The number of halogens is 2. The minimum absolute atomic E-state index is 0.191. The van der Waals surface area contributed by atoms with Crippen LogP contribution in [0.25, 0.3) is 110 Å². The normalized spacial score (nSPS) is 11.4. The molecule has 0 atom stereocenters. The summed E-state index contributed by atoms with van der Waals surface area (Å²) in [5.41, 5.74) is 11.4. The van der Waals surface area contributed by atoms with E-state index in [0.29, 0.717) is 61.9 Å². The fourth-order valence-corrected chi connectivity index (χ4v) is 10.4. The third kappa shape index (κ3) is 9.03. The van der Waals surface area contributed by atoms with Crippen LogP contribution < -0.4 is 5.32 Å². The topological polar surface area (TPSA) is 178 Å². The highest BCUT2D eigenvalue weighted by Crippen LogP contribution is 2.39. The number of fused-ring (bicyclic) bond motifs is 4. The smallest absolute Gasteiger partial charge is 0.161 e. The Kier molecular flexibility index (Phi) is 13.1. The molecule has 12 rings (SSSR count). The highest BCUT2D eigenvalue weighted by Gasteiger charge is 2.24. The number of anilines is 1. The molecule has 0 aliphatic heterocycles. The molecule has 13 nitrogen and oxygen atoms in total. The van der Waals surface area contributed by atoms with E-state index in [2.05, 4.69) is 120 Å². The molecule has 0 bridgehead atoms. The first-order valence-corrected chi connectivity index (χ1v) is 25.1. The molecule has 360 valence electrons. The quantitative estimate of drug-likeness (QED) is 0.0892. The number of nitrogens with one attached hydrogen (secondary N) is 5. The molecule has 0 spiro atoms. The number of imidazole rings is 2. The average molecular weight is 994 g/mol. The van der Waals surface area contributed by atoms with E-state index in [1.807, 2.05) is 63.2 Å². The van der Waals surface area contributed by atoms with Gasteiger partial charge >= 0.3 is 0 Å². The van der Waals surface area contributed by atoms with Crippen molar-refractivity contribution in [2.75, 3.05) is 5.32 Å². The standard InChI is InChI=1S/C29H26FN7S.C24H17FN6S.C2H6/c1-15(2)10-16(3)33-19-11-18(12-31-13-19)26-25(30)24-22(14-32-26)36-37-28(24)29-34-21-7-5-6-20(27(21)35-29)23-9-8-17(4)38-23;1-12-8-9-26-10-15(12)22-20(25)19-17(11-27-22)30-31-23(19)24-28-16-5-3-4-14(21(16)29-24)18-7-6-13(2)32-18;1-2/h5-9,11-15,33H,3,10H2,1-2,4H3,(H,34,35)(H,36,37);3-11H,1-2H3,(H,28,29)(H,30,31);1-2H3. The van der Waals surface area contributed by atoms with E-state index in [1.165, 1.54) is 9.75 Å². The van der Waals surface area contributed by atoms with Crippen LogP contribution in [-0.4, -0.2) is 60.3 Å². The maximum atomic E-state index is 16.1. The van der Waals surface area contributed by atoms with Crippen LogP contribution in [-0.2, 0) is 0 Å². The van der Waals surface area contributed by atoms with Gasteiger partial charge < -0.3 is 15.3 Å². The molecule has 0 radical (unpaired) electrons. The monoisotopic (exact) mass is 993 g/mol. The molecule has 10 heterocycles. The van der Waals surface area contributed by atoms with Crippen LogP contribution >= 0.6 is 22.7 Å². The molecular formula is C55H49F2N13S2. The van der Waals surface area contributed by atoms with E-state index in [9.17, 15) is 0 Å². The second-order valence-electron chi connectivity index (χ2n) is 17.4. The van der Waals surface area contributed by atoms with Crippen molar-refractivity contribution >= 4 is 72.2 Å². The fourth-order valence-electron chi connectivity index (χ4n) is 8.62. The zero-order chi connectivity index (χ0) is 50.2. The van der Waals surface area contributed by atoms with Gasteiger partial charge in [-0.15, -0.1) is 22.7 Å². The van der Waals surface area contributed by atoms with E-state index in [-0.39, 0.29) is 11.4 Å². The number of aryl methyl sites for hydroxylation is 3. The Morgan fingerprint density at radius 1 is 0.625 bits per heavy atom. The van der Waals surface area contributed by atoms with Gasteiger partial charge in [-0.05, 0) is 87.2 Å². The molecule has 17 heteroatoms. The van der Waals surface area contributed by atoms with Crippen LogP contribution in [0.5, 0.6) is 0 Å². The summed E-state index contributed by atoms with van der Waals surface area (Å²) in [5, 5.41) is 18.5. The van der Waals surface area contributed by atoms with Gasteiger partial charge in [-0.3, -0.25) is 30.1 Å². The molecule has 0 aliphatic carbocycles. The average Bonchev–Trinajstić information content (AvgIpc) is 4.25. The Bertz CT molecular complexity index is 3950. The summed E-state index contributed by atoms with van der Waals surface area (Å²) in [7, 11) is 0. The molecule has 12 aromatic rings. The lowest BCUT2D eigenvalue weighted by atomic mass is 10.1. The first-order valence-electron chi connectivity index (χ1n) is 23.5. The number of benzene rings is 2. The van der Waals surface area contributed by atoms with Gasteiger partial charge in [0.1, 0.15) is 22.8 Å². The Morgan fingerprint density at radius 2 is 1.18 bits per heavy atom. The largest absolute Gasteiger partial charge is 0.358 e. The molecule has 0 unspecified atom stereocenters. The summed E-state index contributed by atoms with van der Waals surface area (Å²) in [6.07, 6.45) is 10.6. The molecule has 0 saturated heterocycles. The predicted molar refractivity (Wildman–Crippen MR) is 289 cm³/mol. The minimum atomic E-state index is -0.485. The maximum absolute atomic E-state index is 16.1. The lowest BCUT2D eigenvalue weighted by molar-refractivity contribution is 0.638. The van der Waals surface area contributed by atoms with Crippen molar-refractivity contribution < 1.29 is 8.78 Å². The highest BCUT2D eigenvalue weighted by atomic mass is 32.1. The number of nitrogens with zero attached hydrogens (tertiary/aromatic N) is 8. The summed E-state index contributed by atoms with van der Waals surface area (Å²) in [4.78, 5) is 38.2. The molecule has 10 aromatic heterocycles. The summed E-state index contributed by atoms with van der Waals surface area (Å²) in [6, 6.07) is 24.1. The third-order valence-electron chi connectivity index (χ3n) is 11.9. The molecule has 0 amide bonds. The number of allylic oxidation sites excluding steroid dienone is 1. The predicted octanol–water partition coefficient (Wildman–Crippen LogP) is 14.8. The first-order chi connectivity index (χ1) is 35.0. The van der Waals surface area contributed by atoms with Gasteiger partial charge in [-0.25, -0.2) is 18.7 Å². The van der Waals surface area contributed by atoms with Crippen molar-refractivity contribution in [3.8, 4) is 66.4 Å². The van der Waals surface area contributed by atoms with Crippen molar-refractivity contribution in [1.29, 1.82) is 0 Å². The van der Waals surface area contributed by atoms with Crippen LogP contribution in [0, 0.1) is 38.3 Å². The second-order valence-corrected chi connectivity index (χ2v) is 20.0. The zero-order valence-corrected chi connectivity index (χ0v) is 42.2. The van der Waals surface area contributed by atoms with Crippen molar-refractivity contribution in [3.05, 3.63) is 149 Å². The number of pyridine rings is 4. The van der Waals surface area contributed by atoms with Gasteiger partial charge in [0, 0.05) is 66.0 Å². The van der Waals surface area contributed by atoms with E-state index in [1.54, 1.807) is 59.9 Å². The SMILES string of the molecule is C=C(CC(C)C)Nc1cncc(-c2ncc3[nH]nc(-c4nc5c(-c6ccc(C)s6)cccc5[nH]4)c3c2F)c1.CC.Cc1ccc(-c2cccc3[nH]c(-c4n[nH]c5cnc(-c6cnccc6C)c(F)c45)nc23)s1. The Labute approximate surface area is 421 Å². The van der Waals surface area contributed by atoms with E-state index < -0.39 is 11.6 Å². The van der Waals surface area contributed by atoms with E-state index in [4.69, 9.17) is 9.97 Å². The van der Waals surface area contributed by atoms with Gasteiger partial charge in [0.05, 0.1) is 68.2 Å². The second kappa shape index (κ2) is 19.8. The van der Waals surface area contributed by atoms with Crippen molar-refractivity contribution in [1.82, 2.24) is 60.3 Å². The third-order valence-corrected chi connectivity index (χ3v) is 13.9. The summed E-state index contributed by atoms with van der Waals surface area (Å²) in [6.45, 7) is 18.4. The minimum Gasteiger partial charge on any atom is -0.358 e. The molecule has 0 aliphatic rings. The Balaban J connectivity index is 0.000000162. The summed E-state index contributed by atoms with van der Waals surface area (Å²) in [5.74, 6) is 0.529. The fraction of sp³-hybridized carbons (Fsp3) is 0.164. The van der Waals surface area contributed by atoms with Crippen LogP contribution in [0.1, 0.15) is 49.4 Å². The number of para-hydroxylation sites is 2. The number of H-pyrrole nitrogens is 4. The van der Waals surface area contributed by atoms with E-state index >= 15 is 8.78 Å². The van der Waals surface area contributed by atoms with Crippen LogP contribution in [0.3, 0.4) is 0 Å². The number of hydrogen-bond acceptors (Lipinski definition) is 11.